The second-order valence-electron chi connectivity index (χ2n) is 19.2. The highest BCUT2D eigenvalue weighted by Gasteiger charge is 1.98. The molecule has 11 heterocycles. The molecular weight excluding hydrogens is 815 g/mol. The third-order valence-corrected chi connectivity index (χ3v) is 12.7. The summed E-state index contributed by atoms with van der Waals surface area (Å²) >= 11 is 0. The lowest BCUT2D eigenvalue weighted by atomic mass is 10.1. The molecule has 9 fully saturated rings. The molecule has 0 aromatic carbocycles. The molecule has 0 aromatic heterocycles. The van der Waals surface area contributed by atoms with E-state index in [4.69, 9.17) is 0 Å². The van der Waals surface area contributed by atoms with Crippen molar-refractivity contribution < 1.29 is 0 Å². The van der Waals surface area contributed by atoms with Crippen LogP contribution < -0.4 is 58.5 Å². The summed E-state index contributed by atoms with van der Waals surface area (Å²) in [5, 5.41) is 35.9. The van der Waals surface area contributed by atoms with Crippen molar-refractivity contribution in [2.45, 2.75) is 186 Å². The average Bonchev–Trinajstić information content (AvgIpc) is 4.05. The van der Waals surface area contributed by atoms with E-state index < -0.39 is 0 Å². The molecule has 0 amide bonds. The van der Waals surface area contributed by atoms with E-state index in [1.807, 2.05) is 0 Å². The van der Waals surface area contributed by atoms with Crippen molar-refractivity contribution in [1.29, 1.82) is 0 Å². The fourth-order valence-corrected chi connectivity index (χ4v) is 8.11. The zero-order valence-electron chi connectivity index (χ0n) is 43.9. The molecule has 0 bridgehead atoms. The van der Waals surface area contributed by atoms with E-state index in [1.54, 1.807) is 0 Å². The lowest BCUT2D eigenvalue weighted by Crippen LogP contribution is -2.29. The number of nitrogens with one attached hydrogen (secondary N) is 11. The minimum absolute atomic E-state index is 1.07. The normalized spacial score (nSPS) is 23.5. The lowest BCUT2D eigenvalue weighted by molar-refractivity contribution is 0.516. The van der Waals surface area contributed by atoms with Gasteiger partial charge in [0.25, 0.3) is 0 Å². The fraction of sp³-hybridized carbons (Fsp3) is 0.927. The molecule has 0 radical (unpaired) electrons. The zero-order valence-corrected chi connectivity index (χ0v) is 43.9. The summed E-state index contributed by atoms with van der Waals surface area (Å²) in [5.41, 5.74) is 0. The Morgan fingerprint density at radius 3 is 0.424 bits per heavy atom. The Balaban J connectivity index is 0.000000364. The Bertz CT molecular complexity index is 702. The zero-order chi connectivity index (χ0) is 46.7. The molecule has 11 aliphatic heterocycles. The minimum Gasteiger partial charge on any atom is -0.317 e. The van der Waals surface area contributed by atoms with Crippen LogP contribution >= 0.6 is 0 Å². The molecule has 0 spiro atoms. The third kappa shape index (κ3) is 57.4. The van der Waals surface area contributed by atoms with Crippen molar-refractivity contribution in [3.8, 4) is 0 Å². The van der Waals surface area contributed by atoms with Crippen molar-refractivity contribution in [2.24, 2.45) is 0 Å². The first kappa shape index (κ1) is 63.1. The van der Waals surface area contributed by atoms with Crippen LogP contribution in [0.3, 0.4) is 0 Å². The van der Waals surface area contributed by atoms with Crippen LogP contribution in [0, 0.1) is 0 Å². The van der Waals surface area contributed by atoms with Gasteiger partial charge in [-0.25, -0.2) is 0 Å². The van der Waals surface area contributed by atoms with Crippen LogP contribution in [0.2, 0.25) is 0 Å². The molecule has 11 rings (SSSR count). The summed E-state index contributed by atoms with van der Waals surface area (Å²) in [5.74, 6) is 0. The van der Waals surface area contributed by atoms with E-state index in [0.717, 1.165) is 26.2 Å². The van der Waals surface area contributed by atoms with Gasteiger partial charge in [-0.2, -0.15) is 0 Å². The van der Waals surface area contributed by atoms with Crippen LogP contribution in [-0.2, 0) is 0 Å². The first-order chi connectivity index (χ1) is 33.0. The predicted octanol–water partition coefficient (Wildman–Crippen LogP) is 7.91. The van der Waals surface area contributed by atoms with Crippen LogP contribution in [0.5, 0.6) is 0 Å². The number of rotatable bonds is 0. The third-order valence-electron chi connectivity index (χ3n) is 12.7. The molecule has 392 valence electrons. The summed E-state index contributed by atoms with van der Waals surface area (Å²) in [7, 11) is 0. The Kier molecular flexibility index (Phi) is 57.5. The van der Waals surface area contributed by atoms with Crippen molar-refractivity contribution >= 4 is 0 Å². The van der Waals surface area contributed by atoms with Gasteiger partial charge in [-0.05, 0) is 240 Å². The molecule has 9 saturated heterocycles. The van der Waals surface area contributed by atoms with Crippen LogP contribution in [0.1, 0.15) is 186 Å². The summed E-state index contributed by atoms with van der Waals surface area (Å²) < 4.78 is 0. The first-order valence-electron chi connectivity index (χ1n) is 29.1. The molecule has 11 nitrogen and oxygen atoms in total. The van der Waals surface area contributed by atoms with Gasteiger partial charge in [0, 0.05) is 19.6 Å². The monoisotopic (exact) mass is 932 g/mol. The molecule has 0 aromatic rings. The maximum absolute atomic E-state index is 3.39. The van der Waals surface area contributed by atoms with Crippen LogP contribution in [0.15, 0.2) is 24.3 Å². The van der Waals surface area contributed by atoms with Crippen molar-refractivity contribution in [3.63, 3.8) is 0 Å². The smallest absolute Gasteiger partial charge is 0.0138 e. The van der Waals surface area contributed by atoms with Crippen molar-refractivity contribution in [3.05, 3.63) is 24.3 Å². The van der Waals surface area contributed by atoms with Gasteiger partial charge in [0.2, 0.25) is 0 Å². The quantitative estimate of drug-likeness (QED) is 0.109. The standard InChI is InChI=1S/C7H15N.2C6H13N.4C5H11N.C5H9N.C4H9N.C4H7N.C3H7N/c1-2-4-6-8-7-5-3-1;2*1-2-4-6-7-5-3-1;5*1-2-4-6-5-3-1;2*1-2-4-5-3-1;1-2-4-3-1/h8H,1-7H2;2*7H,1-6H2;4*6H,1-5H2;1-2,6H,3-5H2;5H,1-4H2;1-2,5H,3-4H2;4H,1-3H2. The molecule has 66 heavy (non-hydrogen) atoms. The lowest BCUT2D eigenvalue weighted by Gasteiger charge is -2.09. The Labute approximate surface area is 411 Å². The van der Waals surface area contributed by atoms with E-state index in [1.165, 1.54) is 304 Å². The highest BCUT2D eigenvalue weighted by molar-refractivity contribution is 4.92. The SMILES string of the molecule is C1=CCNC1.C1=CCNCC1.C1CCCNCC1.C1CCCNCC1.C1CCCNCCC1.C1CCNC1.C1CCNCC1.C1CCNCC1.C1CCNCC1.C1CCNCC1.C1CNC1. The topological polar surface area (TPSA) is 132 Å². The predicted molar refractivity (Wildman–Crippen MR) is 294 cm³/mol. The molecule has 11 N–H and O–H groups in total. The minimum atomic E-state index is 1.07. The van der Waals surface area contributed by atoms with Crippen LogP contribution in [0.25, 0.3) is 0 Å². The molecule has 0 atom stereocenters. The van der Waals surface area contributed by atoms with Crippen LogP contribution in [-0.4, -0.2) is 144 Å². The van der Waals surface area contributed by atoms with Gasteiger partial charge >= 0.3 is 0 Å². The van der Waals surface area contributed by atoms with E-state index in [9.17, 15) is 0 Å². The Hall–Kier alpha value is -0.960. The number of hydrogen-bond donors (Lipinski definition) is 11. The van der Waals surface area contributed by atoms with Gasteiger partial charge in [0.1, 0.15) is 0 Å². The number of hydrogen-bond acceptors (Lipinski definition) is 11. The van der Waals surface area contributed by atoms with Gasteiger partial charge in [-0.1, -0.05) is 94.9 Å². The Morgan fingerprint density at radius 1 is 0.136 bits per heavy atom. The summed E-state index contributed by atoms with van der Waals surface area (Å²) in [6, 6.07) is 0. The van der Waals surface area contributed by atoms with E-state index in [2.05, 4.69) is 82.8 Å². The van der Waals surface area contributed by atoms with Crippen molar-refractivity contribution in [1.82, 2.24) is 58.5 Å². The summed E-state index contributed by atoms with van der Waals surface area (Å²) in [4.78, 5) is 0. The highest BCUT2D eigenvalue weighted by Crippen LogP contribution is 2.04. The average molecular weight is 933 g/mol. The van der Waals surface area contributed by atoms with Gasteiger partial charge in [-0.15, -0.1) is 0 Å². The van der Waals surface area contributed by atoms with E-state index in [-0.39, 0.29) is 0 Å². The number of piperidine rings is 4. The maximum atomic E-state index is 3.39. The second kappa shape index (κ2) is 60.2. The molecule has 11 heteroatoms. The molecular formula is C55H117N11. The summed E-state index contributed by atoms with van der Waals surface area (Å²) in [6.07, 6.45) is 49.3. The van der Waals surface area contributed by atoms with Gasteiger partial charge in [0.05, 0.1) is 0 Å². The van der Waals surface area contributed by atoms with Gasteiger partial charge in [-0.3, -0.25) is 0 Å². The molecule has 11 aliphatic rings. The van der Waals surface area contributed by atoms with Crippen LogP contribution in [0.4, 0.5) is 0 Å². The Morgan fingerprint density at radius 2 is 0.303 bits per heavy atom. The van der Waals surface area contributed by atoms with Gasteiger partial charge < -0.3 is 58.5 Å². The molecule has 0 saturated carbocycles. The van der Waals surface area contributed by atoms with E-state index >= 15 is 0 Å². The second-order valence-corrected chi connectivity index (χ2v) is 19.2. The van der Waals surface area contributed by atoms with Gasteiger partial charge in [0.15, 0.2) is 0 Å². The highest BCUT2D eigenvalue weighted by atomic mass is 14.9. The molecule has 0 unspecified atom stereocenters. The van der Waals surface area contributed by atoms with Crippen molar-refractivity contribution in [2.75, 3.05) is 144 Å². The largest absolute Gasteiger partial charge is 0.317 e. The summed E-state index contributed by atoms with van der Waals surface area (Å²) in [6.45, 7) is 26.9. The molecule has 0 aliphatic carbocycles. The maximum Gasteiger partial charge on any atom is 0.0138 e. The fourth-order valence-electron chi connectivity index (χ4n) is 8.11. The van der Waals surface area contributed by atoms with E-state index in [0.29, 0.717) is 0 Å². The first-order valence-corrected chi connectivity index (χ1v) is 29.1.